The Balaban J connectivity index is 1.50. The van der Waals surface area contributed by atoms with Crippen molar-refractivity contribution in [3.8, 4) is 5.75 Å². The van der Waals surface area contributed by atoms with Crippen LogP contribution in [0.5, 0.6) is 5.75 Å². The molecule has 0 saturated carbocycles. The summed E-state index contributed by atoms with van der Waals surface area (Å²) >= 11 is 0. The molecule has 7 nitrogen and oxygen atoms in total. The van der Waals surface area contributed by atoms with Gasteiger partial charge in [-0.2, -0.15) is 0 Å². The van der Waals surface area contributed by atoms with E-state index in [0.717, 1.165) is 11.5 Å². The van der Waals surface area contributed by atoms with E-state index in [9.17, 15) is 4.39 Å². The Bertz CT molecular complexity index is 894. The summed E-state index contributed by atoms with van der Waals surface area (Å²) in [5.41, 5.74) is 0.796. The molecule has 1 aromatic carbocycles. The Hall–Kier alpha value is -3.16. The average Bonchev–Trinajstić information content (AvgIpc) is 3.05. The zero-order valence-electron chi connectivity index (χ0n) is 14.7. The fourth-order valence-corrected chi connectivity index (χ4v) is 2.45. The van der Waals surface area contributed by atoms with E-state index >= 15 is 0 Å². The first kappa shape index (κ1) is 17.7. The van der Waals surface area contributed by atoms with Crippen LogP contribution in [0.3, 0.4) is 0 Å². The first-order valence-electron chi connectivity index (χ1n) is 8.31. The van der Waals surface area contributed by atoms with Crippen LogP contribution >= 0.6 is 0 Å². The molecule has 0 aliphatic carbocycles. The van der Waals surface area contributed by atoms with E-state index in [4.69, 9.17) is 4.74 Å². The van der Waals surface area contributed by atoms with Crippen LogP contribution in [0.4, 0.5) is 4.39 Å². The van der Waals surface area contributed by atoms with Gasteiger partial charge in [0.2, 0.25) is 0 Å². The minimum atomic E-state index is -0.319. The normalized spacial score (nSPS) is 12.8. The molecule has 0 aliphatic rings. The number of aromatic nitrogens is 3. The molecule has 0 aliphatic heterocycles. The fraction of sp³-hybridized carbons (Fsp3) is 0.278. The lowest BCUT2D eigenvalue weighted by molar-refractivity contribution is 0.223. The summed E-state index contributed by atoms with van der Waals surface area (Å²) in [7, 11) is 1.69. The molecule has 0 spiro atoms. The molecular formula is C18H21FN6O. The van der Waals surface area contributed by atoms with Crippen LogP contribution in [-0.4, -0.2) is 40.3 Å². The monoisotopic (exact) mass is 356 g/mol. The van der Waals surface area contributed by atoms with E-state index in [1.807, 2.05) is 35.7 Å². The van der Waals surface area contributed by atoms with Gasteiger partial charge < -0.3 is 15.4 Å². The van der Waals surface area contributed by atoms with E-state index in [1.165, 1.54) is 12.1 Å². The lowest BCUT2D eigenvalue weighted by Crippen LogP contribution is -2.41. The third-order valence-electron chi connectivity index (χ3n) is 3.71. The molecule has 2 N–H and O–H groups in total. The smallest absolute Gasteiger partial charge is 0.191 e. The molecule has 2 heterocycles. The molecule has 136 valence electrons. The maximum atomic E-state index is 13.2. The average molecular weight is 356 g/mol. The molecule has 1 unspecified atom stereocenters. The molecule has 3 rings (SSSR count). The van der Waals surface area contributed by atoms with Crippen LogP contribution in [0.2, 0.25) is 0 Å². The number of rotatable bonds is 6. The summed E-state index contributed by atoms with van der Waals surface area (Å²) in [6.45, 7) is 2.89. The summed E-state index contributed by atoms with van der Waals surface area (Å²) in [6.07, 6.45) is 1.75. The topological polar surface area (TPSA) is 75.8 Å². The Labute approximate surface area is 150 Å². The van der Waals surface area contributed by atoms with E-state index in [1.54, 1.807) is 19.2 Å². The zero-order chi connectivity index (χ0) is 18.4. The van der Waals surface area contributed by atoms with Gasteiger partial charge >= 0.3 is 0 Å². The number of halogens is 1. The van der Waals surface area contributed by atoms with Gasteiger partial charge in [0, 0.05) is 19.3 Å². The van der Waals surface area contributed by atoms with Crippen molar-refractivity contribution < 1.29 is 9.13 Å². The van der Waals surface area contributed by atoms with E-state index < -0.39 is 0 Å². The fourth-order valence-electron chi connectivity index (χ4n) is 2.45. The number of pyridine rings is 1. The van der Waals surface area contributed by atoms with Gasteiger partial charge in [-0.1, -0.05) is 12.1 Å². The summed E-state index contributed by atoms with van der Waals surface area (Å²) in [5.74, 6) is 1.58. The standard InChI is InChI=1S/C18H21FN6O/c1-13(26-15-7-5-6-14(19)10-15)11-21-18(20-2)22-12-17-24-23-16-8-3-4-9-25(16)17/h3-10,13H,11-12H2,1-2H3,(H2,20,21,22). The molecule has 8 heteroatoms. The van der Waals surface area contributed by atoms with E-state index in [-0.39, 0.29) is 11.9 Å². The Morgan fingerprint density at radius 2 is 2.12 bits per heavy atom. The van der Waals surface area contributed by atoms with Crippen molar-refractivity contribution >= 4 is 11.6 Å². The van der Waals surface area contributed by atoms with Crippen molar-refractivity contribution in [2.75, 3.05) is 13.6 Å². The van der Waals surface area contributed by atoms with Gasteiger partial charge in [-0.15, -0.1) is 10.2 Å². The first-order valence-corrected chi connectivity index (χ1v) is 8.31. The van der Waals surface area contributed by atoms with Crippen LogP contribution in [0, 0.1) is 5.82 Å². The first-order chi connectivity index (χ1) is 12.7. The number of nitrogens with zero attached hydrogens (tertiary/aromatic N) is 4. The maximum Gasteiger partial charge on any atom is 0.191 e. The molecule has 26 heavy (non-hydrogen) atoms. The predicted octanol–water partition coefficient (Wildman–Crippen LogP) is 2.00. The molecule has 0 bridgehead atoms. The van der Waals surface area contributed by atoms with Gasteiger partial charge in [0.15, 0.2) is 17.4 Å². The van der Waals surface area contributed by atoms with Crippen molar-refractivity contribution in [2.24, 2.45) is 4.99 Å². The summed E-state index contributed by atoms with van der Waals surface area (Å²) in [4.78, 5) is 4.18. The Morgan fingerprint density at radius 1 is 1.23 bits per heavy atom. The molecular weight excluding hydrogens is 335 g/mol. The lowest BCUT2D eigenvalue weighted by atomic mass is 10.3. The second-order valence-corrected chi connectivity index (χ2v) is 5.74. The number of benzene rings is 1. The molecule has 3 aromatic rings. The van der Waals surface area contributed by atoms with Crippen LogP contribution in [0.1, 0.15) is 12.7 Å². The third kappa shape index (κ3) is 4.47. The Kier molecular flexibility index (Phi) is 5.62. The van der Waals surface area contributed by atoms with Gasteiger partial charge in [-0.25, -0.2) is 4.39 Å². The van der Waals surface area contributed by atoms with Gasteiger partial charge in [-0.05, 0) is 31.2 Å². The van der Waals surface area contributed by atoms with Crippen LogP contribution in [0.15, 0.2) is 53.7 Å². The van der Waals surface area contributed by atoms with Crippen LogP contribution in [-0.2, 0) is 6.54 Å². The van der Waals surface area contributed by atoms with Crippen molar-refractivity contribution in [3.63, 3.8) is 0 Å². The maximum absolute atomic E-state index is 13.2. The minimum Gasteiger partial charge on any atom is -0.489 e. The third-order valence-corrected chi connectivity index (χ3v) is 3.71. The van der Waals surface area contributed by atoms with Crippen LogP contribution < -0.4 is 15.4 Å². The summed E-state index contributed by atoms with van der Waals surface area (Å²) < 4.78 is 20.8. The predicted molar refractivity (Wildman–Crippen MR) is 97.7 cm³/mol. The summed E-state index contributed by atoms with van der Waals surface area (Å²) in [6, 6.07) is 11.8. The minimum absolute atomic E-state index is 0.163. The largest absolute Gasteiger partial charge is 0.489 e. The highest BCUT2D eigenvalue weighted by Gasteiger charge is 2.08. The number of hydrogen-bond donors (Lipinski definition) is 2. The van der Waals surface area contributed by atoms with E-state index in [2.05, 4.69) is 25.8 Å². The SMILES string of the molecule is CN=C(NCc1nnc2ccccn12)NCC(C)Oc1cccc(F)c1. The van der Waals surface area contributed by atoms with Gasteiger partial charge in [0.25, 0.3) is 0 Å². The summed E-state index contributed by atoms with van der Waals surface area (Å²) in [5, 5.41) is 14.7. The second kappa shape index (κ2) is 8.28. The number of hydrogen-bond acceptors (Lipinski definition) is 4. The molecule has 0 fully saturated rings. The molecule has 0 saturated heterocycles. The van der Waals surface area contributed by atoms with Gasteiger partial charge in [0.1, 0.15) is 17.7 Å². The van der Waals surface area contributed by atoms with Gasteiger partial charge in [-0.3, -0.25) is 9.39 Å². The van der Waals surface area contributed by atoms with Gasteiger partial charge in [0.05, 0.1) is 13.1 Å². The lowest BCUT2D eigenvalue weighted by Gasteiger charge is -2.17. The molecule has 0 amide bonds. The van der Waals surface area contributed by atoms with Crippen molar-refractivity contribution in [3.05, 3.63) is 60.3 Å². The zero-order valence-corrected chi connectivity index (χ0v) is 14.7. The van der Waals surface area contributed by atoms with Crippen molar-refractivity contribution in [1.82, 2.24) is 25.2 Å². The highest BCUT2D eigenvalue weighted by atomic mass is 19.1. The highest BCUT2D eigenvalue weighted by molar-refractivity contribution is 5.79. The molecule has 2 aromatic heterocycles. The van der Waals surface area contributed by atoms with Crippen LogP contribution in [0.25, 0.3) is 5.65 Å². The number of guanidine groups is 1. The van der Waals surface area contributed by atoms with Crippen molar-refractivity contribution in [2.45, 2.75) is 19.6 Å². The molecule has 0 radical (unpaired) electrons. The number of ether oxygens (including phenoxy) is 1. The highest BCUT2D eigenvalue weighted by Crippen LogP contribution is 2.13. The number of fused-ring (bicyclic) bond motifs is 1. The van der Waals surface area contributed by atoms with Crippen molar-refractivity contribution in [1.29, 1.82) is 0 Å². The second-order valence-electron chi connectivity index (χ2n) is 5.74. The number of aliphatic imine (C=N–C) groups is 1. The number of nitrogens with one attached hydrogen (secondary N) is 2. The van der Waals surface area contributed by atoms with E-state index in [0.29, 0.717) is 24.8 Å². The Morgan fingerprint density at radius 3 is 2.92 bits per heavy atom. The molecule has 1 atom stereocenters. The quantitative estimate of drug-likeness (QED) is 0.522.